The van der Waals surface area contributed by atoms with Crippen molar-refractivity contribution >= 4 is 23.6 Å². The Morgan fingerprint density at radius 1 is 1.10 bits per heavy atom. The van der Waals surface area contributed by atoms with E-state index in [0.717, 1.165) is 22.4 Å². The van der Waals surface area contributed by atoms with Crippen LogP contribution >= 0.6 is 0 Å². The summed E-state index contributed by atoms with van der Waals surface area (Å²) in [5, 5.41) is 14.4. The molecule has 3 amide bonds. The Morgan fingerprint density at radius 2 is 1.83 bits per heavy atom. The lowest BCUT2D eigenvalue weighted by molar-refractivity contribution is -0.127. The smallest absolute Gasteiger partial charge is 0.405 e. The van der Waals surface area contributed by atoms with Crippen LogP contribution in [0.1, 0.15) is 36.1 Å². The second kappa shape index (κ2) is 7.58. The summed E-state index contributed by atoms with van der Waals surface area (Å²) in [6.07, 6.45) is 0.118. The van der Waals surface area contributed by atoms with Crippen LogP contribution in [0.2, 0.25) is 0 Å². The van der Waals surface area contributed by atoms with Crippen molar-refractivity contribution < 1.29 is 19.5 Å². The first-order valence-electron chi connectivity index (χ1n) is 9.74. The number of aryl methyl sites for hydroxylation is 1. The zero-order valence-corrected chi connectivity index (χ0v) is 16.1. The summed E-state index contributed by atoms with van der Waals surface area (Å²) in [6.45, 7) is 1.90. The van der Waals surface area contributed by atoms with E-state index in [9.17, 15) is 14.4 Å². The number of nitrogens with zero attached hydrogens (tertiary/aromatic N) is 1. The number of hydrogen-bond donors (Lipinski definition) is 3. The standard InChI is InChI=1S/C22H23N3O4/c1-13(14-6-3-2-4-7-14)23-20(26)18-12-16-9-5-8-15-10-11-17(24-22(28)29)21(27)25(18)19(15)16/h2-9,13,17-18,24H,10-12H2,1H3,(H,23,26)(H,28,29). The Labute approximate surface area is 168 Å². The van der Waals surface area contributed by atoms with Gasteiger partial charge >= 0.3 is 6.09 Å². The molecule has 2 heterocycles. The number of nitrogens with one attached hydrogen (secondary N) is 2. The van der Waals surface area contributed by atoms with Crippen molar-refractivity contribution in [1.29, 1.82) is 0 Å². The number of hydrogen-bond acceptors (Lipinski definition) is 3. The second-order valence-corrected chi connectivity index (χ2v) is 7.53. The molecule has 7 nitrogen and oxygen atoms in total. The fourth-order valence-corrected chi connectivity index (χ4v) is 4.26. The van der Waals surface area contributed by atoms with Crippen molar-refractivity contribution in [3.8, 4) is 0 Å². The van der Waals surface area contributed by atoms with Gasteiger partial charge in [-0.15, -0.1) is 0 Å². The predicted molar refractivity (Wildman–Crippen MR) is 108 cm³/mol. The van der Waals surface area contributed by atoms with Crippen molar-refractivity contribution in [3.05, 3.63) is 65.2 Å². The molecular weight excluding hydrogens is 370 g/mol. The van der Waals surface area contributed by atoms with E-state index in [1.54, 1.807) is 0 Å². The summed E-state index contributed by atoms with van der Waals surface area (Å²) in [5.41, 5.74) is 3.65. The average Bonchev–Trinajstić information content (AvgIpc) is 3.05. The minimum atomic E-state index is -1.24. The first kappa shape index (κ1) is 19.0. The van der Waals surface area contributed by atoms with Gasteiger partial charge in [0, 0.05) is 6.42 Å². The largest absolute Gasteiger partial charge is 0.465 e. The Kier molecular flexibility index (Phi) is 4.96. The fraction of sp³-hybridized carbons (Fsp3) is 0.318. The predicted octanol–water partition coefficient (Wildman–Crippen LogP) is 2.40. The summed E-state index contributed by atoms with van der Waals surface area (Å²) < 4.78 is 0. The number of carbonyl (C=O) groups excluding carboxylic acids is 2. The highest BCUT2D eigenvalue weighted by atomic mass is 16.4. The summed E-state index contributed by atoms with van der Waals surface area (Å²) in [4.78, 5) is 39.0. The van der Waals surface area contributed by atoms with Gasteiger partial charge in [-0.25, -0.2) is 4.79 Å². The third-order valence-corrected chi connectivity index (χ3v) is 5.67. The lowest BCUT2D eigenvalue weighted by Gasteiger charge is -2.28. The molecule has 2 aliphatic rings. The third-order valence-electron chi connectivity index (χ3n) is 5.67. The number of carbonyl (C=O) groups is 3. The second-order valence-electron chi connectivity index (χ2n) is 7.53. The Bertz CT molecular complexity index is 960. The number of benzene rings is 2. The van der Waals surface area contributed by atoms with Crippen LogP contribution in [0, 0.1) is 0 Å². The molecule has 0 saturated carbocycles. The van der Waals surface area contributed by atoms with Crippen molar-refractivity contribution in [2.45, 2.75) is 44.3 Å². The highest BCUT2D eigenvalue weighted by Crippen LogP contribution is 2.39. The van der Waals surface area contributed by atoms with E-state index in [1.807, 2.05) is 55.5 Å². The van der Waals surface area contributed by atoms with Crippen LogP contribution in [0.5, 0.6) is 0 Å². The molecule has 3 N–H and O–H groups in total. The van der Waals surface area contributed by atoms with Crippen LogP contribution in [0.3, 0.4) is 0 Å². The first-order chi connectivity index (χ1) is 14.0. The molecule has 0 aliphatic carbocycles. The SMILES string of the molecule is CC(NC(=O)C1Cc2cccc3c2N1C(=O)C(NC(=O)O)CC3)c1ccccc1. The third kappa shape index (κ3) is 3.55. The highest BCUT2D eigenvalue weighted by molar-refractivity contribution is 6.07. The maximum absolute atomic E-state index is 13.2. The van der Waals surface area contributed by atoms with E-state index in [4.69, 9.17) is 5.11 Å². The van der Waals surface area contributed by atoms with Crippen LogP contribution in [0.25, 0.3) is 0 Å². The molecule has 2 aromatic rings. The number of para-hydroxylation sites is 1. The summed E-state index contributed by atoms with van der Waals surface area (Å²) >= 11 is 0. The van der Waals surface area contributed by atoms with Gasteiger partial charge in [-0.3, -0.25) is 14.5 Å². The van der Waals surface area contributed by atoms with E-state index in [0.29, 0.717) is 19.3 Å². The summed E-state index contributed by atoms with van der Waals surface area (Å²) in [6, 6.07) is 13.6. The van der Waals surface area contributed by atoms with E-state index in [1.165, 1.54) is 4.90 Å². The van der Waals surface area contributed by atoms with Gasteiger partial charge in [-0.1, -0.05) is 48.5 Å². The number of carboxylic acid groups (broad SMARTS) is 1. The van der Waals surface area contributed by atoms with Gasteiger partial charge in [0.05, 0.1) is 11.7 Å². The Balaban J connectivity index is 1.63. The molecule has 4 rings (SSSR count). The number of anilines is 1. The van der Waals surface area contributed by atoms with Crippen molar-refractivity contribution in [1.82, 2.24) is 10.6 Å². The Morgan fingerprint density at radius 3 is 2.55 bits per heavy atom. The molecule has 7 heteroatoms. The van der Waals surface area contributed by atoms with E-state index in [2.05, 4.69) is 10.6 Å². The molecule has 0 radical (unpaired) electrons. The quantitative estimate of drug-likeness (QED) is 0.743. The molecule has 0 bridgehead atoms. The molecule has 0 saturated heterocycles. The van der Waals surface area contributed by atoms with Crippen LogP contribution in [0.4, 0.5) is 10.5 Å². The molecular formula is C22H23N3O4. The van der Waals surface area contributed by atoms with Crippen LogP contribution in [-0.4, -0.2) is 35.1 Å². The van der Waals surface area contributed by atoms with E-state index < -0.39 is 18.2 Å². The highest BCUT2D eigenvalue weighted by Gasteiger charge is 2.44. The molecule has 0 aromatic heterocycles. The molecule has 3 atom stereocenters. The van der Waals surface area contributed by atoms with Crippen molar-refractivity contribution in [3.63, 3.8) is 0 Å². The maximum atomic E-state index is 13.2. The molecule has 2 aromatic carbocycles. The van der Waals surface area contributed by atoms with Gasteiger partial charge < -0.3 is 15.7 Å². The Hall–Kier alpha value is -3.35. The lowest BCUT2D eigenvalue weighted by atomic mass is 10.0. The van der Waals surface area contributed by atoms with Crippen LogP contribution in [0.15, 0.2) is 48.5 Å². The molecule has 0 spiro atoms. The molecule has 150 valence electrons. The van der Waals surface area contributed by atoms with Gasteiger partial charge in [-0.2, -0.15) is 0 Å². The van der Waals surface area contributed by atoms with Crippen molar-refractivity contribution in [2.75, 3.05) is 4.90 Å². The van der Waals surface area contributed by atoms with Crippen LogP contribution < -0.4 is 15.5 Å². The van der Waals surface area contributed by atoms with E-state index in [-0.39, 0.29) is 17.9 Å². The van der Waals surface area contributed by atoms with Gasteiger partial charge in [0.15, 0.2) is 0 Å². The number of amides is 3. The van der Waals surface area contributed by atoms with Crippen molar-refractivity contribution in [2.24, 2.45) is 0 Å². The maximum Gasteiger partial charge on any atom is 0.405 e. The monoisotopic (exact) mass is 393 g/mol. The topological polar surface area (TPSA) is 98.7 Å². The summed E-state index contributed by atoms with van der Waals surface area (Å²) in [7, 11) is 0. The first-order valence-corrected chi connectivity index (χ1v) is 9.74. The molecule has 0 fully saturated rings. The minimum Gasteiger partial charge on any atom is -0.465 e. The van der Waals surface area contributed by atoms with Gasteiger partial charge in [0.2, 0.25) is 11.8 Å². The summed E-state index contributed by atoms with van der Waals surface area (Å²) in [5.74, 6) is -0.614. The number of rotatable bonds is 4. The normalized spacial score (nSPS) is 21.1. The zero-order valence-electron chi connectivity index (χ0n) is 16.1. The van der Waals surface area contributed by atoms with Gasteiger partial charge in [-0.05, 0) is 36.5 Å². The van der Waals surface area contributed by atoms with Gasteiger partial charge in [0.25, 0.3) is 0 Å². The van der Waals surface area contributed by atoms with Crippen LogP contribution in [-0.2, 0) is 22.4 Å². The fourth-order valence-electron chi connectivity index (χ4n) is 4.26. The van der Waals surface area contributed by atoms with Gasteiger partial charge in [0.1, 0.15) is 12.1 Å². The molecule has 3 unspecified atom stereocenters. The average molecular weight is 393 g/mol. The molecule has 29 heavy (non-hydrogen) atoms. The molecule has 2 aliphatic heterocycles. The minimum absolute atomic E-state index is 0.207. The van der Waals surface area contributed by atoms with E-state index >= 15 is 0 Å². The zero-order chi connectivity index (χ0) is 20.5. The lowest BCUT2D eigenvalue weighted by Crippen LogP contribution is -2.54.